The molecule has 0 amide bonds. The minimum atomic E-state index is 0.426. The first-order valence-corrected chi connectivity index (χ1v) is 7.52. The first-order valence-electron chi connectivity index (χ1n) is 6.70. The molecule has 0 saturated heterocycles. The molecule has 3 aromatic rings. The summed E-state index contributed by atoms with van der Waals surface area (Å²) in [6.45, 7) is 4.42. The fourth-order valence-electron chi connectivity index (χ4n) is 2.16. The number of aromatic nitrogens is 3. The Morgan fingerprint density at radius 3 is 2.81 bits per heavy atom. The van der Waals surface area contributed by atoms with Crippen LogP contribution in [0.5, 0.6) is 0 Å². The van der Waals surface area contributed by atoms with Gasteiger partial charge in [-0.25, -0.2) is 4.98 Å². The van der Waals surface area contributed by atoms with Gasteiger partial charge in [0, 0.05) is 13.0 Å². The Kier molecular flexibility index (Phi) is 3.81. The van der Waals surface area contributed by atoms with E-state index in [0.717, 1.165) is 15.6 Å². The highest BCUT2D eigenvalue weighted by atomic mass is 32.1. The predicted molar refractivity (Wildman–Crippen MR) is 82.0 cm³/mol. The number of thiazole rings is 1. The van der Waals surface area contributed by atoms with E-state index in [4.69, 9.17) is 10.3 Å². The number of aryl methyl sites for hydroxylation is 2. The van der Waals surface area contributed by atoms with Crippen LogP contribution in [0.25, 0.3) is 10.8 Å². The van der Waals surface area contributed by atoms with Crippen LogP contribution in [-0.2, 0) is 13.0 Å². The van der Waals surface area contributed by atoms with Crippen LogP contribution in [0.15, 0.2) is 28.8 Å². The first-order chi connectivity index (χ1) is 10.2. The molecule has 3 rings (SSSR count). The van der Waals surface area contributed by atoms with E-state index in [9.17, 15) is 0 Å². The molecule has 0 fully saturated rings. The Hall–Kier alpha value is -2.05. The van der Waals surface area contributed by atoms with Crippen molar-refractivity contribution in [3.8, 4) is 10.8 Å². The SMILES string of the molecule is Cc1cccc(Cc2noc(-c3sc(CN)nc3C)n2)c1. The molecule has 0 unspecified atom stereocenters. The summed E-state index contributed by atoms with van der Waals surface area (Å²) in [5.74, 6) is 1.20. The smallest absolute Gasteiger partial charge is 0.269 e. The van der Waals surface area contributed by atoms with Crippen LogP contribution < -0.4 is 5.73 Å². The van der Waals surface area contributed by atoms with E-state index >= 15 is 0 Å². The summed E-state index contributed by atoms with van der Waals surface area (Å²) in [5, 5.41) is 4.93. The molecule has 1 aromatic carbocycles. The van der Waals surface area contributed by atoms with Crippen LogP contribution in [-0.4, -0.2) is 15.1 Å². The molecule has 2 heterocycles. The van der Waals surface area contributed by atoms with Crippen molar-refractivity contribution in [2.75, 3.05) is 0 Å². The quantitative estimate of drug-likeness (QED) is 0.801. The maximum absolute atomic E-state index is 5.61. The third-order valence-corrected chi connectivity index (χ3v) is 4.29. The topological polar surface area (TPSA) is 77.8 Å². The van der Waals surface area contributed by atoms with Crippen LogP contribution in [0.4, 0.5) is 0 Å². The molecule has 108 valence electrons. The predicted octanol–water partition coefficient (Wildman–Crippen LogP) is 2.86. The van der Waals surface area contributed by atoms with E-state index in [1.807, 2.05) is 13.0 Å². The van der Waals surface area contributed by atoms with Gasteiger partial charge in [0.15, 0.2) is 5.82 Å². The molecule has 0 bridgehead atoms. The number of nitrogens with zero attached hydrogens (tertiary/aromatic N) is 3. The molecular formula is C15H16N4OS. The molecule has 0 saturated carbocycles. The van der Waals surface area contributed by atoms with E-state index in [1.165, 1.54) is 22.5 Å². The number of nitrogens with two attached hydrogens (primary N) is 1. The largest absolute Gasteiger partial charge is 0.333 e. The minimum absolute atomic E-state index is 0.426. The second-order valence-corrected chi connectivity index (χ2v) is 5.99. The summed E-state index contributed by atoms with van der Waals surface area (Å²) in [6, 6.07) is 8.29. The zero-order valence-corrected chi connectivity index (χ0v) is 12.8. The van der Waals surface area contributed by atoms with E-state index in [0.29, 0.717) is 24.7 Å². The zero-order valence-electron chi connectivity index (χ0n) is 12.0. The summed E-state index contributed by atoms with van der Waals surface area (Å²) in [5.41, 5.74) is 8.89. The van der Waals surface area contributed by atoms with E-state index in [2.05, 4.69) is 40.2 Å². The zero-order chi connectivity index (χ0) is 14.8. The molecule has 0 aliphatic carbocycles. The lowest BCUT2D eigenvalue weighted by atomic mass is 10.1. The maximum atomic E-state index is 5.61. The molecule has 2 N–H and O–H groups in total. The fourth-order valence-corrected chi connectivity index (χ4v) is 3.03. The lowest BCUT2D eigenvalue weighted by Crippen LogP contribution is -1.94. The number of rotatable bonds is 4. The van der Waals surface area contributed by atoms with E-state index in [-0.39, 0.29) is 0 Å². The van der Waals surface area contributed by atoms with Crippen molar-refractivity contribution in [3.05, 3.63) is 51.9 Å². The molecule has 2 aromatic heterocycles. The second-order valence-electron chi connectivity index (χ2n) is 4.91. The highest BCUT2D eigenvalue weighted by molar-refractivity contribution is 7.15. The van der Waals surface area contributed by atoms with Crippen molar-refractivity contribution >= 4 is 11.3 Å². The molecule has 0 aliphatic heterocycles. The molecule has 0 aliphatic rings. The fraction of sp³-hybridized carbons (Fsp3) is 0.267. The average molecular weight is 300 g/mol. The van der Waals surface area contributed by atoms with Gasteiger partial charge in [-0.05, 0) is 19.4 Å². The molecule has 21 heavy (non-hydrogen) atoms. The van der Waals surface area contributed by atoms with Gasteiger partial charge < -0.3 is 10.3 Å². The Morgan fingerprint density at radius 2 is 2.10 bits per heavy atom. The molecule has 5 nitrogen and oxygen atoms in total. The van der Waals surface area contributed by atoms with Crippen LogP contribution in [0.1, 0.15) is 27.7 Å². The third-order valence-electron chi connectivity index (χ3n) is 3.12. The monoisotopic (exact) mass is 300 g/mol. The normalized spacial score (nSPS) is 11.0. The third kappa shape index (κ3) is 3.01. The Bertz CT molecular complexity index is 763. The van der Waals surface area contributed by atoms with Gasteiger partial charge >= 0.3 is 0 Å². The summed E-state index contributed by atoms with van der Waals surface area (Å²) >= 11 is 1.50. The second kappa shape index (κ2) is 5.75. The van der Waals surface area contributed by atoms with E-state index in [1.54, 1.807) is 0 Å². The van der Waals surface area contributed by atoms with Crippen molar-refractivity contribution in [2.45, 2.75) is 26.8 Å². The van der Waals surface area contributed by atoms with Crippen molar-refractivity contribution in [2.24, 2.45) is 5.73 Å². The Balaban J connectivity index is 1.84. The molecular weight excluding hydrogens is 284 g/mol. The minimum Gasteiger partial charge on any atom is -0.333 e. The number of benzene rings is 1. The standard InChI is InChI=1S/C15H16N4OS/c1-9-4-3-5-11(6-9)7-12-18-15(20-19-12)14-10(2)17-13(8-16)21-14/h3-6H,7-8,16H2,1-2H3. The van der Waals surface area contributed by atoms with Gasteiger partial charge in [-0.1, -0.05) is 35.0 Å². The van der Waals surface area contributed by atoms with Crippen molar-refractivity contribution in [3.63, 3.8) is 0 Å². The van der Waals surface area contributed by atoms with Crippen molar-refractivity contribution in [1.82, 2.24) is 15.1 Å². The summed E-state index contributed by atoms with van der Waals surface area (Å²) in [4.78, 5) is 9.74. The lowest BCUT2D eigenvalue weighted by Gasteiger charge is -1.97. The maximum Gasteiger partial charge on any atom is 0.269 e. The Labute approximate surface area is 126 Å². The van der Waals surface area contributed by atoms with Gasteiger partial charge in [-0.3, -0.25) is 0 Å². The van der Waals surface area contributed by atoms with Gasteiger partial charge in [-0.15, -0.1) is 11.3 Å². The number of hydrogen-bond donors (Lipinski definition) is 1. The summed E-state index contributed by atoms with van der Waals surface area (Å²) in [6.07, 6.45) is 0.660. The molecule has 0 spiro atoms. The van der Waals surface area contributed by atoms with Crippen LogP contribution >= 0.6 is 11.3 Å². The Morgan fingerprint density at radius 1 is 1.24 bits per heavy atom. The van der Waals surface area contributed by atoms with Crippen molar-refractivity contribution < 1.29 is 4.52 Å². The summed E-state index contributed by atoms with van der Waals surface area (Å²) in [7, 11) is 0. The molecule has 0 radical (unpaired) electrons. The van der Waals surface area contributed by atoms with Gasteiger partial charge in [0.2, 0.25) is 0 Å². The van der Waals surface area contributed by atoms with Gasteiger partial charge in [0.25, 0.3) is 5.89 Å². The lowest BCUT2D eigenvalue weighted by molar-refractivity contribution is 0.424. The van der Waals surface area contributed by atoms with Gasteiger partial charge in [0.05, 0.1) is 5.69 Å². The van der Waals surface area contributed by atoms with Crippen LogP contribution in [0, 0.1) is 13.8 Å². The highest BCUT2D eigenvalue weighted by Crippen LogP contribution is 2.28. The van der Waals surface area contributed by atoms with Crippen molar-refractivity contribution in [1.29, 1.82) is 0 Å². The van der Waals surface area contributed by atoms with Gasteiger partial charge in [-0.2, -0.15) is 4.98 Å². The molecule has 6 heteroatoms. The summed E-state index contributed by atoms with van der Waals surface area (Å²) < 4.78 is 5.36. The number of hydrogen-bond acceptors (Lipinski definition) is 6. The molecule has 0 atom stereocenters. The van der Waals surface area contributed by atoms with Crippen LogP contribution in [0.2, 0.25) is 0 Å². The highest BCUT2D eigenvalue weighted by Gasteiger charge is 2.16. The van der Waals surface area contributed by atoms with E-state index < -0.39 is 0 Å². The van der Waals surface area contributed by atoms with Gasteiger partial charge in [0.1, 0.15) is 9.88 Å². The first kappa shape index (κ1) is 13.9. The van der Waals surface area contributed by atoms with Crippen LogP contribution in [0.3, 0.4) is 0 Å². The average Bonchev–Trinajstić information content (AvgIpc) is 3.05.